The molecule has 1 unspecified atom stereocenters. The molecule has 1 atom stereocenters. The fraction of sp³-hybridized carbons (Fsp3) is 0.455. The molecule has 75 valence electrons. The van der Waals surface area contributed by atoms with Crippen LogP contribution in [0, 0.1) is 11.9 Å². The second-order valence-corrected chi connectivity index (χ2v) is 3.73. The molecule has 0 spiro atoms. The molecule has 1 aromatic carbocycles. The van der Waals surface area contributed by atoms with Crippen LogP contribution in [0.4, 0.5) is 10.1 Å². The van der Waals surface area contributed by atoms with Gasteiger partial charge >= 0.3 is 0 Å². The lowest BCUT2D eigenvalue weighted by Crippen LogP contribution is -2.43. The summed E-state index contributed by atoms with van der Waals surface area (Å²) in [5.74, 6) is -0.207. The molecule has 0 aliphatic carbocycles. The molecule has 1 aromatic rings. The number of rotatable bonds is 1. The Bertz CT molecular complexity index is 314. The van der Waals surface area contributed by atoms with E-state index in [1.807, 2.05) is 4.90 Å². The third-order valence-electron chi connectivity index (χ3n) is 2.59. The first-order valence-electron chi connectivity index (χ1n) is 4.93. The number of hydrogen-bond donors (Lipinski definition) is 1. The first-order valence-corrected chi connectivity index (χ1v) is 4.93. The van der Waals surface area contributed by atoms with Gasteiger partial charge in [0.15, 0.2) is 0 Å². The lowest BCUT2D eigenvalue weighted by molar-refractivity contribution is 0.498. The number of nitrogens with two attached hydrogens (primary N) is 1. The number of anilines is 1. The SMILES string of the molecule is NC1CCCN(c2cc[c]cc2F)C1. The molecule has 0 amide bonds. The number of nitrogens with zero attached hydrogens (tertiary/aromatic N) is 1. The minimum Gasteiger partial charge on any atom is -0.368 e. The molecule has 1 radical (unpaired) electrons. The van der Waals surface area contributed by atoms with Crippen molar-refractivity contribution in [2.24, 2.45) is 5.73 Å². The third kappa shape index (κ3) is 1.87. The largest absolute Gasteiger partial charge is 0.368 e. The summed E-state index contributed by atoms with van der Waals surface area (Å²) in [4.78, 5) is 2.01. The summed E-state index contributed by atoms with van der Waals surface area (Å²) < 4.78 is 13.4. The number of halogens is 1. The van der Waals surface area contributed by atoms with Crippen LogP contribution < -0.4 is 10.6 Å². The fourth-order valence-corrected chi connectivity index (χ4v) is 1.89. The van der Waals surface area contributed by atoms with Crippen LogP contribution >= 0.6 is 0 Å². The van der Waals surface area contributed by atoms with Crippen LogP contribution in [-0.4, -0.2) is 19.1 Å². The van der Waals surface area contributed by atoms with Crippen LogP contribution in [0.3, 0.4) is 0 Å². The van der Waals surface area contributed by atoms with Gasteiger partial charge in [-0.3, -0.25) is 0 Å². The highest BCUT2D eigenvalue weighted by molar-refractivity contribution is 5.47. The van der Waals surface area contributed by atoms with Crippen molar-refractivity contribution in [3.05, 3.63) is 30.1 Å². The van der Waals surface area contributed by atoms with E-state index in [4.69, 9.17) is 5.73 Å². The topological polar surface area (TPSA) is 29.3 Å². The Hall–Kier alpha value is -1.09. The summed E-state index contributed by atoms with van der Waals surface area (Å²) in [6.45, 7) is 1.65. The Morgan fingerprint density at radius 1 is 1.57 bits per heavy atom. The van der Waals surface area contributed by atoms with E-state index in [1.54, 1.807) is 12.1 Å². The van der Waals surface area contributed by atoms with Crippen molar-refractivity contribution in [2.45, 2.75) is 18.9 Å². The molecule has 0 bridgehead atoms. The fourth-order valence-electron chi connectivity index (χ4n) is 1.89. The molecule has 14 heavy (non-hydrogen) atoms. The first-order chi connectivity index (χ1) is 6.77. The van der Waals surface area contributed by atoms with Gasteiger partial charge in [0.05, 0.1) is 5.69 Å². The van der Waals surface area contributed by atoms with E-state index in [1.165, 1.54) is 6.07 Å². The van der Waals surface area contributed by atoms with Crippen molar-refractivity contribution < 1.29 is 4.39 Å². The maximum atomic E-state index is 13.4. The minimum absolute atomic E-state index is 0.173. The Morgan fingerprint density at radius 2 is 2.43 bits per heavy atom. The summed E-state index contributed by atoms with van der Waals surface area (Å²) in [5.41, 5.74) is 6.49. The molecule has 2 N–H and O–H groups in total. The normalized spacial score (nSPS) is 22.4. The average Bonchev–Trinajstić information content (AvgIpc) is 2.18. The van der Waals surface area contributed by atoms with E-state index in [9.17, 15) is 4.39 Å². The van der Waals surface area contributed by atoms with Crippen LogP contribution in [0.2, 0.25) is 0 Å². The maximum Gasteiger partial charge on any atom is 0.147 e. The van der Waals surface area contributed by atoms with Gasteiger partial charge in [-0.1, -0.05) is 6.07 Å². The van der Waals surface area contributed by atoms with Crippen LogP contribution in [0.1, 0.15) is 12.8 Å². The van der Waals surface area contributed by atoms with Gasteiger partial charge in [0.1, 0.15) is 5.82 Å². The van der Waals surface area contributed by atoms with Crippen molar-refractivity contribution >= 4 is 5.69 Å². The molecule has 3 heteroatoms. The zero-order valence-electron chi connectivity index (χ0n) is 8.04. The quantitative estimate of drug-likeness (QED) is 0.733. The zero-order valence-corrected chi connectivity index (χ0v) is 8.04. The highest BCUT2D eigenvalue weighted by Crippen LogP contribution is 2.21. The predicted molar refractivity (Wildman–Crippen MR) is 54.7 cm³/mol. The Labute approximate surface area is 83.5 Å². The molecule has 1 fully saturated rings. The van der Waals surface area contributed by atoms with Gasteiger partial charge in [-0.2, -0.15) is 0 Å². The van der Waals surface area contributed by atoms with Crippen LogP contribution in [-0.2, 0) is 0 Å². The predicted octanol–water partition coefficient (Wildman–Crippen LogP) is 1.55. The van der Waals surface area contributed by atoms with Gasteiger partial charge < -0.3 is 10.6 Å². The average molecular weight is 193 g/mol. The molecule has 1 saturated heterocycles. The highest BCUT2D eigenvalue weighted by atomic mass is 19.1. The molecular formula is C11H14FN2. The van der Waals surface area contributed by atoms with E-state index < -0.39 is 0 Å². The van der Waals surface area contributed by atoms with Gasteiger partial charge in [0, 0.05) is 19.1 Å². The zero-order chi connectivity index (χ0) is 9.97. The summed E-state index contributed by atoms with van der Waals surface area (Å²) >= 11 is 0. The van der Waals surface area contributed by atoms with Crippen molar-refractivity contribution in [2.75, 3.05) is 18.0 Å². The monoisotopic (exact) mass is 193 g/mol. The lowest BCUT2D eigenvalue weighted by atomic mass is 10.1. The smallest absolute Gasteiger partial charge is 0.147 e. The van der Waals surface area contributed by atoms with E-state index in [-0.39, 0.29) is 11.9 Å². The molecule has 0 aromatic heterocycles. The second kappa shape index (κ2) is 3.96. The van der Waals surface area contributed by atoms with Gasteiger partial charge in [-0.15, -0.1) is 0 Å². The molecule has 1 aliphatic rings. The third-order valence-corrected chi connectivity index (χ3v) is 2.59. The standard InChI is InChI=1S/C11H14FN2/c12-10-5-1-2-6-11(10)14-7-3-4-9(13)8-14/h2,5-6,9H,3-4,7-8,13H2. The summed E-state index contributed by atoms with van der Waals surface area (Å²) in [5, 5.41) is 0. The summed E-state index contributed by atoms with van der Waals surface area (Å²) in [6, 6.07) is 7.75. The van der Waals surface area contributed by atoms with E-state index in [0.29, 0.717) is 5.69 Å². The number of benzene rings is 1. The van der Waals surface area contributed by atoms with Gasteiger partial charge in [0.25, 0.3) is 0 Å². The van der Waals surface area contributed by atoms with Crippen LogP contribution in [0.15, 0.2) is 18.2 Å². The van der Waals surface area contributed by atoms with Gasteiger partial charge in [0.2, 0.25) is 0 Å². The van der Waals surface area contributed by atoms with E-state index >= 15 is 0 Å². The summed E-state index contributed by atoms with van der Waals surface area (Å²) in [6.07, 6.45) is 2.08. The van der Waals surface area contributed by atoms with Crippen molar-refractivity contribution in [1.29, 1.82) is 0 Å². The van der Waals surface area contributed by atoms with Gasteiger partial charge in [-0.05, 0) is 31.0 Å². The molecule has 1 heterocycles. The number of piperidine rings is 1. The van der Waals surface area contributed by atoms with Crippen LogP contribution in [0.5, 0.6) is 0 Å². The first kappa shape index (κ1) is 9.46. The Balaban J connectivity index is 2.18. The van der Waals surface area contributed by atoms with Crippen molar-refractivity contribution in [3.63, 3.8) is 0 Å². The lowest BCUT2D eigenvalue weighted by Gasteiger charge is -2.32. The summed E-state index contributed by atoms with van der Waals surface area (Å²) in [7, 11) is 0. The number of hydrogen-bond acceptors (Lipinski definition) is 2. The Kier molecular flexibility index (Phi) is 2.68. The molecular weight excluding hydrogens is 179 g/mol. The van der Waals surface area contributed by atoms with Gasteiger partial charge in [-0.25, -0.2) is 4.39 Å². The van der Waals surface area contributed by atoms with E-state index in [0.717, 1.165) is 25.9 Å². The molecule has 2 nitrogen and oxygen atoms in total. The molecule has 1 aliphatic heterocycles. The van der Waals surface area contributed by atoms with E-state index in [2.05, 4.69) is 6.07 Å². The molecule has 0 saturated carbocycles. The van der Waals surface area contributed by atoms with Crippen molar-refractivity contribution in [3.8, 4) is 0 Å². The minimum atomic E-state index is -0.207. The second-order valence-electron chi connectivity index (χ2n) is 3.73. The van der Waals surface area contributed by atoms with Crippen molar-refractivity contribution in [1.82, 2.24) is 0 Å². The maximum absolute atomic E-state index is 13.4. The van der Waals surface area contributed by atoms with Crippen LogP contribution in [0.25, 0.3) is 0 Å². The Morgan fingerprint density at radius 3 is 3.14 bits per heavy atom. The molecule has 2 rings (SSSR count). The highest BCUT2D eigenvalue weighted by Gasteiger charge is 2.18.